The Labute approximate surface area is 242 Å². The molecule has 1 fully saturated rings. The Morgan fingerprint density at radius 1 is 0.947 bits per heavy atom. The second kappa shape index (κ2) is 15.7. The summed E-state index contributed by atoms with van der Waals surface area (Å²) in [6, 6.07) is 0. The molecule has 0 aromatic carbocycles. The molecule has 0 spiro atoms. The van der Waals surface area contributed by atoms with E-state index >= 15 is 0 Å². The molecule has 224 valence electrons. The third kappa shape index (κ3) is 9.05. The van der Waals surface area contributed by atoms with Gasteiger partial charge in [0, 0.05) is 0 Å². The summed E-state index contributed by atoms with van der Waals surface area (Å²) in [6.45, 7) is 22.4. The molecule has 2 aliphatic carbocycles. The molecule has 0 aromatic rings. The summed E-state index contributed by atoms with van der Waals surface area (Å²) in [7, 11) is -0.123. The number of rotatable bonds is 18. The van der Waals surface area contributed by atoms with Crippen molar-refractivity contribution < 1.29 is 18.6 Å². The van der Waals surface area contributed by atoms with Gasteiger partial charge >= 0.3 is 243 Å². The Hall–Kier alpha value is 0.596. The molecule has 6 heteroatoms. The average molecular weight is 660 g/mol. The van der Waals surface area contributed by atoms with E-state index in [9.17, 15) is 0 Å². The molecule has 1 saturated carbocycles. The van der Waals surface area contributed by atoms with E-state index in [1.54, 1.807) is 12.7 Å². The SMILES string of the molecule is CCC[CH2][Sn]([CH2]CCC)([CH2]CCC)[CH2]O[C@H]1CC[C@@]2(C)C(=C1COCOC)CC[C@@H]2O[Si](C)(C)C(C)(C)C. The molecule has 2 rings (SSSR count). The van der Waals surface area contributed by atoms with Crippen molar-refractivity contribution in [1.29, 1.82) is 0 Å². The van der Waals surface area contributed by atoms with Crippen molar-refractivity contribution >= 4 is 26.7 Å². The van der Waals surface area contributed by atoms with Crippen LogP contribution >= 0.6 is 0 Å². The molecule has 4 nitrogen and oxygen atoms in total. The summed E-state index contributed by atoms with van der Waals surface area (Å²) in [5.74, 6) is 0. The molecule has 0 radical (unpaired) electrons. The van der Waals surface area contributed by atoms with Crippen LogP contribution in [0.2, 0.25) is 31.4 Å². The minimum absolute atomic E-state index is 0.105. The number of unbranched alkanes of at least 4 members (excludes halogenated alkanes) is 3. The Kier molecular flexibility index (Phi) is 14.4. The number of fused-ring (bicyclic) bond motifs is 1. The third-order valence-electron chi connectivity index (χ3n) is 10.2. The van der Waals surface area contributed by atoms with E-state index in [1.165, 1.54) is 63.8 Å². The van der Waals surface area contributed by atoms with Crippen LogP contribution in [0.3, 0.4) is 0 Å². The topological polar surface area (TPSA) is 36.9 Å². The summed E-state index contributed by atoms with van der Waals surface area (Å²) < 4.78 is 31.1. The zero-order valence-electron chi connectivity index (χ0n) is 27.1. The van der Waals surface area contributed by atoms with Crippen molar-refractivity contribution in [3.8, 4) is 0 Å². The molecule has 38 heavy (non-hydrogen) atoms. The molecule has 3 atom stereocenters. The van der Waals surface area contributed by atoms with E-state index in [-0.39, 0.29) is 16.6 Å². The van der Waals surface area contributed by atoms with Crippen molar-refractivity contribution in [3.63, 3.8) is 0 Å². The first-order valence-electron chi connectivity index (χ1n) is 16.0. The van der Waals surface area contributed by atoms with Crippen LogP contribution in [0.25, 0.3) is 0 Å². The number of methoxy groups -OCH3 is 1. The summed E-state index contributed by atoms with van der Waals surface area (Å²) in [4.78, 5) is 0. The Morgan fingerprint density at radius 2 is 1.53 bits per heavy atom. The monoisotopic (exact) mass is 660 g/mol. The molecule has 0 bridgehead atoms. The predicted octanol–water partition coefficient (Wildman–Crippen LogP) is 9.66. The third-order valence-corrected chi connectivity index (χ3v) is 29.1. The van der Waals surface area contributed by atoms with Crippen LogP contribution in [0, 0.1) is 5.41 Å². The molecule has 0 aliphatic heterocycles. The molecule has 0 unspecified atom stereocenters. The number of hydrogen-bond acceptors (Lipinski definition) is 4. The van der Waals surface area contributed by atoms with Crippen molar-refractivity contribution in [2.24, 2.45) is 5.41 Å². The first-order chi connectivity index (χ1) is 17.9. The van der Waals surface area contributed by atoms with Gasteiger partial charge in [-0.2, -0.15) is 0 Å². The van der Waals surface area contributed by atoms with Crippen molar-refractivity contribution in [2.75, 3.05) is 25.1 Å². The van der Waals surface area contributed by atoms with E-state index in [1.807, 2.05) is 0 Å². The average Bonchev–Trinajstić information content (AvgIpc) is 3.18. The van der Waals surface area contributed by atoms with Gasteiger partial charge in [0.05, 0.1) is 0 Å². The van der Waals surface area contributed by atoms with Gasteiger partial charge in [0.25, 0.3) is 0 Å². The van der Waals surface area contributed by atoms with Gasteiger partial charge in [-0.25, -0.2) is 0 Å². The molecular formula is C32H64O4SiSn. The molecule has 0 N–H and O–H groups in total. The van der Waals surface area contributed by atoms with Crippen molar-refractivity contribution in [1.82, 2.24) is 0 Å². The van der Waals surface area contributed by atoms with Gasteiger partial charge in [-0.15, -0.1) is 0 Å². The molecular weight excluding hydrogens is 595 g/mol. The van der Waals surface area contributed by atoms with Crippen LogP contribution in [0.5, 0.6) is 0 Å². The molecule has 0 heterocycles. The Morgan fingerprint density at radius 3 is 2.03 bits per heavy atom. The zero-order chi connectivity index (χ0) is 28.5. The Balaban J connectivity index is 2.32. The quantitative estimate of drug-likeness (QED) is 0.0636. The van der Waals surface area contributed by atoms with Crippen LogP contribution in [0.1, 0.15) is 113 Å². The zero-order valence-corrected chi connectivity index (χ0v) is 31.0. The first-order valence-corrected chi connectivity index (χ1v) is 27.0. The molecule has 2 aliphatic rings. The van der Waals surface area contributed by atoms with E-state index in [0.29, 0.717) is 19.5 Å². The predicted molar refractivity (Wildman–Crippen MR) is 168 cm³/mol. The maximum atomic E-state index is 7.11. The fraction of sp³-hybridized carbons (Fsp3) is 0.938. The van der Waals surface area contributed by atoms with Gasteiger partial charge in [0.2, 0.25) is 0 Å². The van der Waals surface area contributed by atoms with Gasteiger partial charge in [-0.05, 0) is 0 Å². The first kappa shape index (κ1) is 34.8. The van der Waals surface area contributed by atoms with Crippen molar-refractivity contribution in [2.45, 2.75) is 156 Å². The van der Waals surface area contributed by atoms with Crippen LogP contribution in [0.4, 0.5) is 0 Å². The van der Waals surface area contributed by atoms with Gasteiger partial charge in [0.15, 0.2) is 0 Å². The summed E-state index contributed by atoms with van der Waals surface area (Å²) in [5.41, 5.74) is 3.12. The van der Waals surface area contributed by atoms with E-state index in [4.69, 9.17) is 18.6 Å². The molecule has 0 aromatic heterocycles. The van der Waals surface area contributed by atoms with E-state index in [2.05, 4.69) is 61.6 Å². The standard InChI is InChI=1S/C20H37O4Si.3C4H9.Sn/c1-19(2,3)25(7,8)24-18-10-9-16-15(13-23-14-21-5)17(22-6)11-12-20(16,18)4;3*1-3-4-2;/h17-18H,6,9-14H2,1-5,7-8H3;3*1,3-4H2,2H3;/t17-,18-,20-;;;;/m0..../s1. The van der Waals surface area contributed by atoms with E-state index in [0.717, 1.165) is 23.9 Å². The van der Waals surface area contributed by atoms with Gasteiger partial charge in [0.1, 0.15) is 0 Å². The normalized spacial score (nSPS) is 24.8. The van der Waals surface area contributed by atoms with Gasteiger partial charge < -0.3 is 0 Å². The maximum absolute atomic E-state index is 7.11. The Bertz CT molecular complexity index is 710. The van der Waals surface area contributed by atoms with Crippen LogP contribution < -0.4 is 0 Å². The summed E-state index contributed by atoms with van der Waals surface area (Å²) in [6.07, 6.45) is 13.2. The van der Waals surface area contributed by atoms with Crippen LogP contribution in [-0.4, -0.2) is 64.0 Å². The summed E-state index contributed by atoms with van der Waals surface area (Å²) >= 11 is -2.37. The van der Waals surface area contributed by atoms with Gasteiger partial charge in [-0.1, -0.05) is 0 Å². The number of ether oxygens (including phenoxy) is 3. The fourth-order valence-electron chi connectivity index (χ4n) is 6.56. The number of hydrogen-bond donors (Lipinski definition) is 0. The minimum atomic E-state index is -2.37. The van der Waals surface area contributed by atoms with Crippen molar-refractivity contribution in [3.05, 3.63) is 11.1 Å². The fourth-order valence-corrected chi connectivity index (χ4v) is 22.4. The second-order valence-electron chi connectivity index (χ2n) is 14.2. The molecule has 0 saturated heterocycles. The second-order valence-corrected chi connectivity index (χ2v) is 32.7. The molecule has 0 amide bonds. The van der Waals surface area contributed by atoms with Crippen LogP contribution in [0.15, 0.2) is 11.1 Å². The summed E-state index contributed by atoms with van der Waals surface area (Å²) in [5, 5.41) is 0.229. The van der Waals surface area contributed by atoms with Gasteiger partial charge in [-0.3, -0.25) is 0 Å². The van der Waals surface area contributed by atoms with E-state index < -0.39 is 26.7 Å². The van der Waals surface area contributed by atoms with Crippen LogP contribution in [-0.2, 0) is 18.6 Å².